The number of likely N-dealkylation sites (tertiary alicyclic amines) is 1. The molecule has 88 valence electrons. The van der Waals surface area contributed by atoms with Gasteiger partial charge in [0.05, 0.1) is 17.8 Å². The summed E-state index contributed by atoms with van der Waals surface area (Å²) in [5.74, 6) is 0.196. The summed E-state index contributed by atoms with van der Waals surface area (Å²) in [5.41, 5.74) is 0.0745. The highest BCUT2D eigenvalue weighted by Crippen LogP contribution is 2.19. The molecule has 1 aliphatic heterocycles. The summed E-state index contributed by atoms with van der Waals surface area (Å²) in [4.78, 5) is 13.4. The van der Waals surface area contributed by atoms with Crippen molar-refractivity contribution >= 4 is 11.8 Å². The molecular formula is C10H15N3O3. The smallest absolute Gasteiger partial charge is 0.240 e. The van der Waals surface area contributed by atoms with Gasteiger partial charge in [-0.3, -0.25) is 15.0 Å². The highest BCUT2D eigenvalue weighted by Gasteiger charge is 2.37. The van der Waals surface area contributed by atoms with Crippen LogP contribution in [0.4, 0.5) is 5.88 Å². The van der Waals surface area contributed by atoms with E-state index in [4.69, 9.17) is 4.52 Å². The molecule has 2 heterocycles. The van der Waals surface area contributed by atoms with Crippen LogP contribution >= 0.6 is 0 Å². The molecule has 0 unspecified atom stereocenters. The number of carbonyl (C=O) groups is 1. The highest BCUT2D eigenvalue weighted by molar-refractivity contribution is 5.91. The second kappa shape index (κ2) is 3.88. The van der Waals surface area contributed by atoms with Crippen molar-refractivity contribution < 1.29 is 14.4 Å². The van der Waals surface area contributed by atoms with E-state index in [9.17, 15) is 9.90 Å². The molecule has 1 aromatic heterocycles. The van der Waals surface area contributed by atoms with Gasteiger partial charge < -0.3 is 9.63 Å². The van der Waals surface area contributed by atoms with Gasteiger partial charge in [0.2, 0.25) is 11.8 Å². The standard InChI is InChI=1S/C10H15N3O3/c1-7-3-9(16-12-7)11-8(14)4-13-5-10(2,15)6-13/h3,15H,4-6H2,1-2H3,(H,11,14). The molecule has 6 nitrogen and oxygen atoms in total. The Morgan fingerprint density at radius 2 is 2.44 bits per heavy atom. The number of rotatable bonds is 3. The third kappa shape index (κ3) is 2.59. The Hall–Kier alpha value is -1.40. The molecule has 1 fully saturated rings. The number of β-amino-alcohol motifs (C(OH)–C–C–N with tert-alkyl or cyclic N) is 1. The monoisotopic (exact) mass is 225 g/mol. The van der Waals surface area contributed by atoms with Crippen molar-refractivity contribution in [2.45, 2.75) is 19.4 Å². The number of aromatic nitrogens is 1. The van der Waals surface area contributed by atoms with E-state index < -0.39 is 5.60 Å². The first-order valence-electron chi connectivity index (χ1n) is 5.12. The van der Waals surface area contributed by atoms with E-state index in [0.29, 0.717) is 19.0 Å². The third-order valence-corrected chi connectivity index (χ3v) is 2.39. The van der Waals surface area contributed by atoms with Crippen molar-refractivity contribution in [2.75, 3.05) is 25.0 Å². The van der Waals surface area contributed by atoms with Crippen molar-refractivity contribution in [2.24, 2.45) is 0 Å². The zero-order chi connectivity index (χ0) is 11.8. The molecular weight excluding hydrogens is 210 g/mol. The number of hydrogen-bond donors (Lipinski definition) is 2. The van der Waals surface area contributed by atoms with Gasteiger partial charge in [-0.1, -0.05) is 5.16 Å². The lowest BCUT2D eigenvalue weighted by atomic mass is 9.97. The van der Waals surface area contributed by atoms with Crippen LogP contribution in [0.25, 0.3) is 0 Å². The number of nitrogens with zero attached hydrogens (tertiary/aromatic N) is 2. The Morgan fingerprint density at radius 1 is 1.75 bits per heavy atom. The molecule has 0 saturated carbocycles. The molecule has 1 aromatic rings. The summed E-state index contributed by atoms with van der Waals surface area (Å²) >= 11 is 0. The molecule has 16 heavy (non-hydrogen) atoms. The third-order valence-electron chi connectivity index (χ3n) is 2.39. The molecule has 0 spiro atoms. The summed E-state index contributed by atoms with van der Waals surface area (Å²) < 4.78 is 4.86. The van der Waals surface area contributed by atoms with Crippen LogP contribution in [-0.2, 0) is 4.79 Å². The fourth-order valence-electron chi connectivity index (χ4n) is 1.83. The second-order valence-electron chi connectivity index (χ2n) is 4.52. The van der Waals surface area contributed by atoms with E-state index in [1.807, 2.05) is 4.90 Å². The van der Waals surface area contributed by atoms with Crippen molar-refractivity contribution in [3.63, 3.8) is 0 Å². The minimum absolute atomic E-state index is 0.161. The van der Waals surface area contributed by atoms with Crippen molar-refractivity contribution in [3.05, 3.63) is 11.8 Å². The molecule has 0 radical (unpaired) electrons. The maximum Gasteiger partial charge on any atom is 0.240 e. The van der Waals surface area contributed by atoms with Crippen LogP contribution < -0.4 is 5.32 Å². The van der Waals surface area contributed by atoms with Crippen LogP contribution in [0.2, 0.25) is 0 Å². The summed E-state index contributed by atoms with van der Waals surface area (Å²) in [6.45, 7) is 4.84. The van der Waals surface area contributed by atoms with Gasteiger partial charge in [-0.2, -0.15) is 0 Å². The van der Waals surface area contributed by atoms with Gasteiger partial charge in [-0.15, -0.1) is 0 Å². The molecule has 2 N–H and O–H groups in total. The molecule has 6 heteroatoms. The largest absolute Gasteiger partial charge is 0.388 e. The fraction of sp³-hybridized carbons (Fsp3) is 0.600. The minimum Gasteiger partial charge on any atom is -0.388 e. The molecule has 0 bridgehead atoms. The Bertz CT molecular complexity index is 392. The molecule has 0 aromatic carbocycles. The minimum atomic E-state index is -0.650. The predicted octanol–water partition coefficient (Wildman–Crippen LogP) is -0.0119. The average Bonchev–Trinajstić information content (AvgIpc) is 2.47. The van der Waals surface area contributed by atoms with E-state index in [0.717, 1.165) is 5.69 Å². The molecule has 0 atom stereocenters. The molecule has 1 saturated heterocycles. The number of hydrogen-bond acceptors (Lipinski definition) is 5. The lowest BCUT2D eigenvalue weighted by Crippen LogP contribution is -2.61. The molecule has 1 amide bonds. The zero-order valence-electron chi connectivity index (χ0n) is 9.36. The van der Waals surface area contributed by atoms with Crippen LogP contribution in [0.1, 0.15) is 12.6 Å². The topological polar surface area (TPSA) is 78.6 Å². The Labute approximate surface area is 93.2 Å². The van der Waals surface area contributed by atoms with Crippen molar-refractivity contribution in [1.29, 1.82) is 0 Å². The van der Waals surface area contributed by atoms with Gasteiger partial charge in [0.25, 0.3) is 0 Å². The Kier molecular flexibility index (Phi) is 2.69. The lowest BCUT2D eigenvalue weighted by Gasteiger charge is -2.43. The maximum absolute atomic E-state index is 11.5. The first-order chi connectivity index (χ1) is 7.44. The quantitative estimate of drug-likeness (QED) is 0.756. The van der Waals surface area contributed by atoms with E-state index >= 15 is 0 Å². The van der Waals surface area contributed by atoms with Crippen LogP contribution in [0.5, 0.6) is 0 Å². The van der Waals surface area contributed by atoms with Crippen LogP contribution in [0.15, 0.2) is 10.6 Å². The summed E-state index contributed by atoms with van der Waals surface area (Å²) in [6, 6.07) is 1.66. The van der Waals surface area contributed by atoms with Gasteiger partial charge >= 0.3 is 0 Å². The Balaban J connectivity index is 1.77. The number of nitrogens with one attached hydrogen (secondary N) is 1. The van der Waals surface area contributed by atoms with Crippen LogP contribution in [-0.4, -0.2) is 46.3 Å². The molecule has 2 rings (SSSR count). The number of carbonyl (C=O) groups excluding carboxylic acids is 1. The maximum atomic E-state index is 11.5. The van der Waals surface area contributed by atoms with Gasteiger partial charge in [-0.05, 0) is 13.8 Å². The predicted molar refractivity (Wildman–Crippen MR) is 56.9 cm³/mol. The number of aliphatic hydroxyl groups is 1. The molecule has 0 aliphatic carbocycles. The van der Waals surface area contributed by atoms with Crippen LogP contribution in [0.3, 0.4) is 0 Å². The van der Waals surface area contributed by atoms with Gasteiger partial charge in [0, 0.05) is 19.2 Å². The lowest BCUT2D eigenvalue weighted by molar-refractivity contribution is -0.125. The first kappa shape index (κ1) is 11.1. The van der Waals surface area contributed by atoms with E-state index in [1.165, 1.54) is 0 Å². The van der Waals surface area contributed by atoms with E-state index in [2.05, 4.69) is 10.5 Å². The zero-order valence-corrected chi connectivity index (χ0v) is 9.36. The van der Waals surface area contributed by atoms with Gasteiger partial charge in [0.1, 0.15) is 0 Å². The van der Waals surface area contributed by atoms with Gasteiger partial charge in [-0.25, -0.2) is 0 Å². The first-order valence-corrected chi connectivity index (χ1v) is 5.12. The van der Waals surface area contributed by atoms with Crippen LogP contribution in [0, 0.1) is 6.92 Å². The van der Waals surface area contributed by atoms with Crippen molar-refractivity contribution in [3.8, 4) is 0 Å². The fourth-order valence-corrected chi connectivity index (χ4v) is 1.83. The number of anilines is 1. The highest BCUT2D eigenvalue weighted by atomic mass is 16.5. The van der Waals surface area contributed by atoms with Crippen molar-refractivity contribution in [1.82, 2.24) is 10.1 Å². The van der Waals surface area contributed by atoms with E-state index in [-0.39, 0.29) is 12.5 Å². The van der Waals surface area contributed by atoms with Gasteiger partial charge in [0.15, 0.2) is 0 Å². The summed E-state index contributed by atoms with van der Waals surface area (Å²) in [7, 11) is 0. The SMILES string of the molecule is Cc1cc(NC(=O)CN2CC(C)(O)C2)on1. The van der Waals surface area contributed by atoms with E-state index in [1.54, 1.807) is 19.9 Å². The average molecular weight is 225 g/mol. The Morgan fingerprint density at radius 3 is 2.94 bits per heavy atom. The normalized spacial score (nSPS) is 19.2. The number of amides is 1. The number of aryl methyl sites for hydroxylation is 1. The second-order valence-corrected chi connectivity index (χ2v) is 4.52. The summed E-state index contributed by atoms with van der Waals surface area (Å²) in [5, 5.41) is 15.7. The summed E-state index contributed by atoms with van der Waals surface area (Å²) in [6.07, 6.45) is 0. The molecule has 1 aliphatic rings.